The Labute approximate surface area is 86.5 Å². The highest BCUT2D eigenvalue weighted by atomic mass is 32.2. The lowest BCUT2D eigenvalue weighted by atomic mass is 10.2. The van der Waals surface area contributed by atoms with Gasteiger partial charge in [0.1, 0.15) is 0 Å². The molecule has 0 amide bonds. The van der Waals surface area contributed by atoms with E-state index in [9.17, 15) is 8.42 Å². The Morgan fingerprint density at radius 2 is 2.21 bits per heavy atom. The molecule has 1 aliphatic rings. The summed E-state index contributed by atoms with van der Waals surface area (Å²) in [5.41, 5.74) is 5.47. The fourth-order valence-electron chi connectivity index (χ4n) is 1.84. The van der Waals surface area contributed by atoms with Crippen LogP contribution < -0.4 is 5.73 Å². The van der Waals surface area contributed by atoms with Crippen molar-refractivity contribution in [2.45, 2.75) is 31.9 Å². The van der Waals surface area contributed by atoms with E-state index in [0.29, 0.717) is 25.4 Å². The second-order valence-corrected chi connectivity index (χ2v) is 6.28. The predicted octanol–water partition coefficient (Wildman–Crippen LogP) is 0.395. The summed E-state index contributed by atoms with van der Waals surface area (Å²) >= 11 is 0. The lowest BCUT2D eigenvalue weighted by Crippen LogP contribution is -2.40. The van der Waals surface area contributed by atoms with Crippen molar-refractivity contribution in [2.75, 3.05) is 19.6 Å². The minimum absolute atomic E-state index is 0.226. The van der Waals surface area contributed by atoms with Gasteiger partial charge in [-0.2, -0.15) is 0 Å². The topological polar surface area (TPSA) is 63.4 Å². The Balaban J connectivity index is 2.74. The minimum Gasteiger partial charge on any atom is -0.329 e. The first-order valence-corrected chi connectivity index (χ1v) is 6.71. The van der Waals surface area contributed by atoms with Gasteiger partial charge in [-0.05, 0) is 18.8 Å². The zero-order valence-corrected chi connectivity index (χ0v) is 9.76. The molecule has 1 heterocycles. The molecule has 0 aromatic carbocycles. The molecule has 1 aliphatic heterocycles. The molecule has 14 heavy (non-hydrogen) atoms. The Kier molecular flexibility index (Phi) is 3.92. The maximum atomic E-state index is 12.0. The van der Waals surface area contributed by atoms with Crippen LogP contribution in [-0.2, 0) is 10.0 Å². The molecule has 2 atom stereocenters. The quantitative estimate of drug-likeness (QED) is 0.745. The molecule has 0 spiro atoms. The zero-order chi connectivity index (χ0) is 10.8. The van der Waals surface area contributed by atoms with Gasteiger partial charge in [-0.3, -0.25) is 0 Å². The van der Waals surface area contributed by atoms with E-state index in [1.807, 2.05) is 6.92 Å². The van der Waals surface area contributed by atoms with Crippen molar-refractivity contribution in [1.82, 2.24) is 4.31 Å². The SMILES string of the molecule is CCC(CN)S(=O)(=O)N1CCC(C)C1. The first-order valence-electron chi connectivity index (χ1n) is 5.21. The van der Waals surface area contributed by atoms with Gasteiger partial charge in [0.05, 0.1) is 5.25 Å². The fourth-order valence-corrected chi connectivity index (χ4v) is 3.74. The van der Waals surface area contributed by atoms with Gasteiger partial charge in [0, 0.05) is 19.6 Å². The summed E-state index contributed by atoms with van der Waals surface area (Å²) in [6, 6.07) is 0. The summed E-state index contributed by atoms with van der Waals surface area (Å²) in [7, 11) is -3.13. The molecule has 2 N–H and O–H groups in total. The molecule has 1 saturated heterocycles. The van der Waals surface area contributed by atoms with Crippen molar-refractivity contribution in [3.8, 4) is 0 Å². The van der Waals surface area contributed by atoms with Crippen LogP contribution in [0.15, 0.2) is 0 Å². The van der Waals surface area contributed by atoms with E-state index in [4.69, 9.17) is 5.73 Å². The van der Waals surface area contributed by atoms with Crippen LogP contribution >= 0.6 is 0 Å². The van der Waals surface area contributed by atoms with Crippen LogP contribution in [0, 0.1) is 5.92 Å². The van der Waals surface area contributed by atoms with Gasteiger partial charge in [-0.25, -0.2) is 12.7 Å². The first kappa shape index (κ1) is 11.9. The second kappa shape index (κ2) is 4.59. The van der Waals surface area contributed by atoms with Gasteiger partial charge in [0.15, 0.2) is 0 Å². The van der Waals surface area contributed by atoms with Crippen LogP contribution in [-0.4, -0.2) is 37.6 Å². The lowest BCUT2D eigenvalue weighted by molar-refractivity contribution is 0.451. The Morgan fingerprint density at radius 3 is 2.57 bits per heavy atom. The standard InChI is InChI=1S/C9H20N2O2S/c1-3-9(6-10)14(12,13)11-5-4-8(2)7-11/h8-9H,3-7,10H2,1-2H3. The third kappa shape index (κ3) is 2.27. The number of nitrogens with two attached hydrogens (primary N) is 1. The average molecular weight is 220 g/mol. The van der Waals surface area contributed by atoms with Gasteiger partial charge in [-0.15, -0.1) is 0 Å². The zero-order valence-electron chi connectivity index (χ0n) is 8.94. The smallest absolute Gasteiger partial charge is 0.218 e. The Bertz CT molecular complexity index is 273. The summed E-state index contributed by atoms with van der Waals surface area (Å²) < 4.78 is 25.6. The number of rotatable bonds is 4. The third-order valence-electron chi connectivity index (χ3n) is 2.89. The largest absolute Gasteiger partial charge is 0.329 e. The van der Waals surface area contributed by atoms with Gasteiger partial charge in [0.25, 0.3) is 0 Å². The number of hydrogen-bond acceptors (Lipinski definition) is 3. The maximum Gasteiger partial charge on any atom is 0.218 e. The van der Waals surface area contributed by atoms with Crippen molar-refractivity contribution >= 4 is 10.0 Å². The van der Waals surface area contributed by atoms with E-state index in [-0.39, 0.29) is 6.54 Å². The van der Waals surface area contributed by atoms with E-state index in [0.717, 1.165) is 6.42 Å². The van der Waals surface area contributed by atoms with Crippen LogP contribution in [0.3, 0.4) is 0 Å². The van der Waals surface area contributed by atoms with Gasteiger partial charge in [0.2, 0.25) is 10.0 Å². The molecular weight excluding hydrogens is 200 g/mol. The van der Waals surface area contributed by atoms with Crippen molar-refractivity contribution in [1.29, 1.82) is 0 Å². The minimum atomic E-state index is -3.13. The molecule has 4 nitrogen and oxygen atoms in total. The van der Waals surface area contributed by atoms with E-state index in [1.165, 1.54) is 0 Å². The van der Waals surface area contributed by atoms with E-state index < -0.39 is 15.3 Å². The van der Waals surface area contributed by atoms with Gasteiger partial charge >= 0.3 is 0 Å². The molecule has 1 fully saturated rings. The van der Waals surface area contributed by atoms with Crippen molar-refractivity contribution in [3.63, 3.8) is 0 Å². The monoisotopic (exact) mass is 220 g/mol. The molecule has 1 rings (SSSR count). The summed E-state index contributed by atoms with van der Waals surface area (Å²) in [4.78, 5) is 0. The van der Waals surface area contributed by atoms with Gasteiger partial charge in [-0.1, -0.05) is 13.8 Å². The van der Waals surface area contributed by atoms with Crippen LogP contribution in [0.25, 0.3) is 0 Å². The molecule has 0 saturated carbocycles. The second-order valence-electron chi connectivity index (χ2n) is 4.06. The van der Waals surface area contributed by atoms with Crippen LogP contribution in [0.4, 0.5) is 0 Å². The van der Waals surface area contributed by atoms with Crippen LogP contribution in [0.5, 0.6) is 0 Å². The normalized spacial score (nSPS) is 26.6. The van der Waals surface area contributed by atoms with E-state index in [1.54, 1.807) is 4.31 Å². The summed E-state index contributed by atoms with van der Waals surface area (Å²) in [5, 5.41) is -0.396. The van der Waals surface area contributed by atoms with E-state index >= 15 is 0 Å². The maximum absolute atomic E-state index is 12.0. The van der Waals surface area contributed by atoms with Crippen molar-refractivity contribution in [3.05, 3.63) is 0 Å². The Hall–Kier alpha value is -0.130. The molecule has 84 valence electrons. The molecule has 0 aliphatic carbocycles. The average Bonchev–Trinajstić information content (AvgIpc) is 2.54. The predicted molar refractivity (Wildman–Crippen MR) is 57.4 cm³/mol. The highest BCUT2D eigenvalue weighted by molar-refractivity contribution is 7.89. The first-order chi connectivity index (χ1) is 6.52. The third-order valence-corrected chi connectivity index (χ3v) is 5.31. The molecule has 0 aromatic heterocycles. The lowest BCUT2D eigenvalue weighted by Gasteiger charge is -2.21. The van der Waals surface area contributed by atoms with Crippen LogP contribution in [0.1, 0.15) is 26.7 Å². The molecule has 0 radical (unpaired) electrons. The summed E-state index contributed by atoms with van der Waals surface area (Å²) in [5.74, 6) is 0.486. The molecule has 2 unspecified atom stereocenters. The highest BCUT2D eigenvalue weighted by Crippen LogP contribution is 2.21. The van der Waals surface area contributed by atoms with Crippen molar-refractivity contribution in [2.24, 2.45) is 11.7 Å². The molecule has 0 aromatic rings. The van der Waals surface area contributed by atoms with Crippen molar-refractivity contribution < 1.29 is 8.42 Å². The van der Waals surface area contributed by atoms with E-state index in [2.05, 4.69) is 6.92 Å². The number of sulfonamides is 1. The summed E-state index contributed by atoms with van der Waals surface area (Å²) in [6.45, 7) is 5.51. The fraction of sp³-hybridized carbons (Fsp3) is 1.00. The van der Waals surface area contributed by atoms with Crippen LogP contribution in [0.2, 0.25) is 0 Å². The Morgan fingerprint density at radius 1 is 1.57 bits per heavy atom. The molecular formula is C9H20N2O2S. The number of hydrogen-bond donors (Lipinski definition) is 1. The summed E-state index contributed by atoms with van der Waals surface area (Å²) in [6.07, 6.45) is 1.57. The van der Waals surface area contributed by atoms with Gasteiger partial charge < -0.3 is 5.73 Å². The molecule has 5 heteroatoms. The number of nitrogens with zero attached hydrogens (tertiary/aromatic N) is 1. The highest BCUT2D eigenvalue weighted by Gasteiger charge is 2.33. The molecule has 0 bridgehead atoms.